The van der Waals surface area contributed by atoms with Gasteiger partial charge in [0.15, 0.2) is 0 Å². The quantitative estimate of drug-likeness (QED) is 0.707. The lowest BCUT2D eigenvalue weighted by Gasteiger charge is -2.07. The molecule has 88 valence electrons. The van der Waals surface area contributed by atoms with E-state index in [-0.39, 0.29) is 6.42 Å². The van der Waals surface area contributed by atoms with Crippen molar-refractivity contribution < 1.29 is 15.3 Å². The Labute approximate surface area is 98.5 Å². The number of aliphatic hydroxyl groups excluding tert-OH is 2. The smallest absolute Gasteiger partial charge is 0.272 e. The summed E-state index contributed by atoms with van der Waals surface area (Å²) in [5.41, 5.74) is 0.730. The second-order valence-corrected chi connectivity index (χ2v) is 3.78. The summed E-state index contributed by atoms with van der Waals surface area (Å²) in [6, 6.07) is 9.62. The van der Waals surface area contributed by atoms with Gasteiger partial charge >= 0.3 is 0 Å². The molecule has 0 saturated carbocycles. The summed E-state index contributed by atoms with van der Waals surface area (Å²) in [5.74, 6) is -0.877. The summed E-state index contributed by atoms with van der Waals surface area (Å²) in [4.78, 5) is 4.20. The Balaban J connectivity index is 2.33. The van der Waals surface area contributed by atoms with Gasteiger partial charge in [0.25, 0.3) is 5.95 Å². The predicted molar refractivity (Wildman–Crippen MR) is 64.8 cm³/mol. The minimum Gasteiger partial charge on any atom is -0.481 e. The van der Waals surface area contributed by atoms with Crippen LogP contribution in [-0.4, -0.2) is 26.4 Å². The maximum atomic E-state index is 9.60. The molecule has 0 fully saturated rings. The zero-order valence-corrected chi connectivity index (χ0v) is 9.11. The molecule has 0 amide bonds. The number of fused-ring (bicyclic) bond motifs is 1. The average molecular weight is 231 g/mol. The monoisotopic (exact) mass is 231 g/mol. The lowest BCUT2D eigenvalue weighted by atomic mass is 10.1. The van der Waals surface area contributed by atoms with E-state index in [0.29, 0.717) is 0 Å². The summed E-state index contributed by atoms with van der Waals surface area (Å²) in [6.07, 6.45) is 1.93. The molecule has 1 heterocycles. The van der Waals surface area contributed by atoms with Crippen molar-refractivity contribution >= 4 is 10.8 Å². The second kappa shape index (κ2) is 4.84. The highest BCUT2D eigenvalue weighted by Gasteiger charge is 2.08. The van der Waals surface area contributed by atoms with Gasteiger partial charge in [-0.1, -0.05) is 24.3 Å². The van der Waals surface area contributed by atoms with Crippen molar-refractivity contribution in [2.45, 2.75) is 12.5 Å². The highest BCUT2D eigenvalue weighted by molar-refractivity contribution is 5.84. The first-order chi connectivity index (χ1) is 8.16. The van der Waals surface area contributed by atoms with Crippen LogP contribution < -0.4 is 0 Å². The van der Waals surface area contributed by atoms with E-state index >= 15 is 0 Å². The summed E-state index contributed by atoms with van der Waals surface area (Å²) in [5, 5.41) is 28.9. The van der Waals surface area contributed by atoms with Crippen LogP contribution in [-0.2, 0) is 6.42 Å². The van der Waals surface area contributed by atoms with Crippen LogP contribution >= 0.6 is 0 Å². The van der Waals surface area contributed by atoms with Crippen LogP contribution in [0.1, 0.15) is 5.69 Å². The molecule has 2 aromatic rings. The zero-order chi connectivity index (χ0) is 12.3. The summed E-state index contributed by atoms with van der Waals surface area (Å²) >= 11 is 0. The average Bonchev–Trinajstić information content (AvgIpc) is 2.28. The molecule has 2 rings (SSSR count). The van der Waals surface area contributed by atoms with Gasteiger partial charge in [0.1, 0.15) is 0 Å². The highest BCUT2D eigenvalue weighted by Crippen LogP contribution is 2.17. The van der Waals surface area contributed by atoms with Crippen LogP contribution in [0.5, 0.6) is 0 Å². The maximum Gasteiger partial charge on any atom is 0.272 e. The molecule has 0 unspecified atom stereocenters. The van der Waals surface area contributed by atoms with Crippen molar-refractivity contribution in [1.29, 1.82) is 0 Å². The molecule has 0 radical (unpaired) electrons. The topological polar surface area (TPSA) is 73.6 Å². The molecule has 0 bridgehead atoms. The molecule has 4 nitrogen and oxygen atoms in total. The van der Waals surface area contributed by atoms with E-state index in [1.54, 1.807) is 6.20 Å². The summed E-state index contributed by atoms with van der Waals surface area (Å²) in [6.45, 7) is 0. The summed E-state index contributed by atoms with van der Waals surface area (Å²) < 4.78 is 0. The number of hydrogen-bond acceptors (Lipinski definition) is 4. The fourth-order valence-corrected chi connectivity index (χ4v) is 1.77. The van der Waals surface area contributed by atoms with Crippen LogP contribution in [0.2, 0.25) is 0 Å². The Morgan fingerprint density at radius 1 is 1.24 bits per heavy atom. The maximum absolute atomic E-state index is 9.60. The van der Waals surface area contributed by atoms with E-state index in [1.165, 1.54) is 0 Å². The first kappa shape index (κ1) is 11.4. The molecule has 1 atom stereocenters. The first-order valence-corrected chi connectivity index (χ1v) is 5.27. The predicted octanol–water partition coefficient (Wildman–Crippen LogP) is 2.10. The Bertz CT molecular complexity index is 542. The second-order valence-electron chi connectivity index (χ2n) is 3.78. The molecule has 0 aliphatic carbocycles. The normalized spacial score (nSPS) is 12.3. The standard InChI is InChI=1S/C13H13NO3/c15-10(8-13(16)17)7-12-11-4-2-1-3-9(11)5-6-14-12/h1-6,8,10,15-17H,7H2/t10-/m0/s1. The summed E-state index contributed by atoms with van der Waals surface area (Å²) in [7, 11) is 0. The van der Waals surface area contributed by atoms with E-state index in [0.717, 1.165) is 22.5 Å². The molecule has 0 aliphatic rings. The van der Waals surface area contributed by atoms with Crippen LogP contribution in [0, 0.1) is 0 Å². The van der Waals surface area contributed by atoms with Crippen LogP contribution in [0.3, 0.4) is 0 Å². The minimum atomic E-state index is -0.960. The van der Waals surface area contributed by atoms with Crippen molar-refractivity contribution in [3.63, 3.8) is 0 Å². The van der Waals surface area contributed by atoms with Gasteiger partial charge in [-0.15, -0.1) is 0 Å². The van der Waals surface area contributed by atoms with Crippen molar-refractivity contribution in [2.24, 2.45) is 0 Å². The number of aromatic nitrogens is 1. The molecule has 4 heteroatoms. The number of aliphatic hydroxyl groups is 3. The fraction of sp³-hybridized carbons (Fsp3) is 0.154. The van der Waals surface area contributed by atoms with Crippen LogP contribution in [0.15, 0.2) is 48.5 Å². The van der Waals surface area contributed by atoms with Gasteiger partial charge in [0, 0.05) is 24.1 Å². The van der Waals surface area contributed by atoms with E-state index in [2.05, 4.69) is 4.98 Å². The zero-order valence-electron chi connectivity index (χ0n) is 9.11. The molecule has 1 aromatic heterocycles. The van der Waals surface area contributed by atoms with Gasteiger partial charge in [0.2, 0.25) is 0 Å². The van der Waals surface area contributed by atoms with Gasteiger partial charge in [-0.05, 0) is 11.5 Å². The number of pyridine rings is 1. The molecule has 0 spiro atoms. The molecule has 3 N–H and O–H groups in total. The van der Waals surface area contributed by atoms with Crippen molar-refractivity contribution in [1.82, 2.24) is 4.98 Å². The minimum absolute atomic E-state index is 0.242. The lowest BCUT2D eigenvalue weighted by molar-refractivity contribution is 0.164. The van der Waals surface area contributed by atoms with Gasteiger partial charge in [-0.25, -0.2) is 0 Å². The Morgan fingerprint density at radius 3 is 2.76 bits per heavy atom. The third-order valence-corrected chi connectivity index (χ3v) is 2.50. The third kappa shape index (κ3) is 2.73. The molecule has 17 heavy (non-hydrogen) atoms. The van der Waals surface area contributed by atoms with Gasteiger partial charge in [-0.3, -0.25) is 4.98 Å². The SMILES string of the molecule is OC(O)=C[C@@H](O)Cc1nccc2ccccc12. The van der Waals surface area contributed by atoms with Crippen LogP contribution in [0.25, 0.3) is 10.8 Å². The Kier molecular flexibility index (Phi) is 3.25. The van der Waals surface area contributed by atoms with Gasteiger partial charge < -0.3 is 15.3 Å². The first-order valence-electron chi connectivity index (χ1n) is 5.27. The van der Waals surface area contributed by atoms with Crippen molar-refractivity contribution in [3.05, 3.63) is 54.2 Å². The van der Waals surface area contributed by atoms with Crippen LogP contribution in [0.4, 0.5) is 0 Å². The van der Waals surface area contributed by atoms with E-state index in [9.17, 15) is 5.11 Å². The van der Waals surface area contributed by atoms with Crippen molar-refractivity contribution in [2.75, 3.05) is 0 Å². The van der Waals surface area contributed by atoms with Gasteiger partial charge in [-0.2, -0.15) is 0 Å². The van der Waals surface area contributed by atoms with E-state index in [1.807, 2.05) is 30.3 Å². The highest BCUT2D eigenvalue weighted by atomic mass is 16.5. The number of rotatable bonds is 3. The Morgan fingerprint density at radius 2 is 2.00 bits per heavy atom. The number of benzene rings is 1. The largest absolute Gasteiger partial charge is 0.481 e. The number of hydrogen-bond donors (Lipinski definition) is 3. The van der Waals surface area contributed by atoms with E-state index in [4.69, 9.17) is 10.2 Å². The molecule has 1 aromatic carbocycles. The third-order valence-electron chi connectivity index (χ3n) is 2.50. The van der Waals surface area contributed by atoms with Gasteiger partial charge in [0.05, 0.1) is 11.8 Å². The van der Waals surface area contributed by atoms with Crippen molar-refractivity contribution in [3.8, 4) is 0 Å². The number of nitrogens with zero attached hydrogens (tertiary/aromatic N) is 1. The molecule has 0 saturated heterocycles. The molecular formula is C13H13NO3. The fourth-order valence-electron chi connectivity index (χ4n) is 1.77. The lowest BCUT2D eigenvalue weighted by Crippen LogP contribution is -2.09. The Hall–Kier alpha value is -2.07. The van der Waals surface area contributed by atoms with E-state index < -0.39 is 12.0 Å². The molecule has 0 aliphatic heterocycles. The molecular weight excluding hydrogens is 218 g/mol.